The largest absolute Gasteiger partial charge is 0.381 e. The Bertz CT molecular complexity index is 463. The van der Waals surface area contributed by atoms with Crippen LogP contribution in [0.25, 0.3) is 0 Å². The van der Waals surface area contributed by atoms with Crippen LogP contribution >= 0.6 is 11.6 Å². The number of hydrogen-bond donors (Lipinski definition) is 1. The van der Waals surface area contributed by atoms with Gasteiger partial charge in [-0.15, -0.1) is 0 Å². The highest BCUT2D eigenvalue weighted by atomic mass is 35.5. The van der Waals surface area contributed by atoms with Crippen molar-refractivity contribution in [3.63, 3.8) is 0 Å². The molecule has 2 aliphatic rings. The molecule has 0 aromatic heterocycles. The van der Waals surface area contributed by atoms with E-state index in [1.807, 2.05) is 6.07 Å². The second-order valence-electron chi connectivity index (χ2n) is 6.41. The van der Waals surface area contributed by atoms with E-state index in [0.717, 1.165) is 30.2 Å². The van der Waals surface area contributed by atoms with Gasteiger partial charge in [-0.25, -0.2) is 0 Å². The predicted molar refractivity (Wildman–Crippen MR) is 84.6 cm³/mol. The number of anilines is 1. The van der Waals surface area contributed by atoms with Crippen LogP contribution in [-0.2, 0) is 4.74 Å². The maximum atomic E-state index is 6.30. The summed E-state index contributed by atoms with van der Waals surface area (Å²) in [6.45, 7) is 2.98. The predicted octanol–water partition coefficient (Wildman–Crippen LogP) is 4.94. The molecule has 1 aliphatic carbocycles. The Labute approximate surface area is 126 Å². The van der Waals surface area contributed by atoms with E-state index in [0.29, 0.717) is 6.04 Å². The highest BCUT2D eigenvalue weighted by molar-refractivity contribution is 6.33. The molecule has 3 heteroatoms. The summed E-state index contributed by atoms with van der Waals surface area (Å²) < 4.78 is 6.16. The molecule has 1 aromatic carbocycles. The third kappa shape index (κ3) is 3.12. The van der Waals surface area contributed by atoms with Gasteiger partial charge in [0.05, 0.1) is 16.3 Å². The molecule has 1 spiro atoms. The van der Waals surface area contributed by atoms with Crippen LogP contribution in [-0.4, -0.2) is 18.2 Å². The minimum atomic E-state index is 0.143. The van der Waals surface area contributed by atoms with Crippen LogP contribution < -0.4 is 5.32 Å². The molecular weight excluding hydrogens is 270 g/mol. The summed E-state index contributed by atoms with van der Waals surface area (Å²) in [5, 5.41) is 4.47. The Morgan fingerprint density at radius 2 is 2.05 bits per heavy atom. The molecule has 1 heterocycles. The summed E-state index contributed by atoms with van der Waals surface area (Å²) in [6, 6.07) is 6.67. The Hall–Kier alpha value is -0.730. The maximum Gasteiger partial charge on any atom is 0.0702 e. The first-order valence-electron chi connectivity index (χ1n) is 7.84. The van der Waals surface area contributed by atoms with E-state index in [9.17, 15) is 0 Å². The first-order valence-corrected chi connectivity index (χ1v) is 8.21. The fourth-order valence-electron chi connectivity index (χ4n) is 3.67. The second-order valence-corrected chi connectivity index (χ2v) is 6.82. The minimum Gasteiger partial charge on any atom is -0.381 e. The molecule has 1 atom stereocenters. The molecule has 1 saturated carbocycles. The molecule has 3 rings (SSSR count). The lowest BCUT2D eigenvalue weighted by Crippen LogP contribution is -2.45. The van der Waals surface area contributed by atoms with Gasteiger partial charge >= 0.3 is 0 Å². The fourth-order valence-corrected chi connectivity index (χ4v) is 3.84. The maximum absolute atomic E-state index is 6.30. The Morgan fingerprint density at radius 1 is 1.25 bits per heavy atom. The molecule has 1 unspecified atom stereocenters. The topological polar surface area (TPSA) is 21.3 Å². The van der Waals surface area contributed by atoms with Gasteiger partial charge in [0.15, 0.2) is 0 Å². The molecule has 2 fully saturated rings. The molecule has 1 saturated heterocycles. The van der Waals surface area contributed by atoms with E-state index < -0.39 is 0 Å². The number of halogens is 1. The van der Waals surface area contributed by atoms with E-state index in [1.54, 1.807) is 0 Å². The number of rotatable bonds is 2. The van der Waals surface area contributed by atoms with E-state index in [2.05, 4.69) is 24.4 Å². The normalized spacial score (nSPS) is 25.6. The highest BCUT2D eigenvalue weighted by Crippen LogP contribution is 2.39. The van der Waals surface area contributed by atoms with Crippen molar-refractivity contribution in [2.75, 3.05) is 11.9 Å². The molecule has 1 aromatic rings. The molecule has 1 aliphatic heterocycles. The second kappa shape index (κ2) is 5.95. The highest BCUT2D eigenvalue weighted by Gasteiger charge is 2.38. The average molecular weight is 294 g/mol. The van der Waals surface area contributed by atoms with E-state index in [4.69, 9.17) is 16.3 Å². The van der Waals surface area contributed by atoms with Crippen LogP contribution in [0.5, 0.6) is 0 Å². The zero-order valence-corrected chi connectivity index (χ0v) is 13.0. The SMILES string of the molecule is Cc1ccc(Cl)c(NC2CCOC3(CCCCC3)C2)c1. The molecule has 2 nitrogen and oxygen atoms in total. The fraction of sp³-hybridized carbons (Fsp3) is 0.647. The van der Waals surface area contributed by atoms with Gasteiger partial charge in [0.2, 0.25) is 0 Å². The standard InChI is InChI=1S/C17H24ClNO/c1-13-5-6-15(18)16(11-13)19-14-7-10-20-17(12-14)8-3-2-4-9-17/h5-6,11,14,19H,2-4,7-10,12H2,1H3. The summed E-state index contributed by atoms with van der Waals surface area (Å²) in [6.07, 6.45) is 8.66. The molecule has 1 N–H and O–H groups in total. The zero-order chi connectivity index (χ0) is 14.0. The first-order chi connectivity index (χ1) is 9.67. The van der Waals surface area contributed by atoms with Gasteiger partial charge in [0.1, 0.15) is 0 Å². The molecular formula is C17H24ClNO. The quantitative estimate of drug-likeness (QED) is 0.833. The van der Waals surface area contributed by atoms with Crippen molar-refractivity contribution in [3.8, 4) is 0 Å². The van der Waals surface area contributed by atoms with Gasteiger partial charge < -0.3 is 10.1 Å². The van der Waals surface area contributed by atoms with Crippen LogP contribution in [0.2, 0.25) is 5.02 Å². The number of aryl methyl sites for hydroxylation is 1. The third-order valence-electron chi connectivity index (χ3n) is 4.74. The molecule has 0 radical (unpaired) electrons. The van der Waals surface area contributed by atoms with Gasteiger partial charge in [0, 0.05) is 12.6 Å². The number of benzene rings is 1. The average Bonchev–Trinajstić information content (AvgIpc) is 2.44. The Balaban J connectivity index is 1.69. The molecule has 110 valence electrons. The van der Waals surface area contributed by atoms with Crippen molar-refractivity contribution >= 4 is 17.3 Å². The van der Waals surface area contributed by atoms with Crippen LogP contribution in [0.3, 0.4) is 0 Å². The van der Waals surface area contributed by atoms with Crippen molar-refractivity contribution in [1.82, 2.24) is 0 Å². The van der Waals surface area contributed by atoms with Gasteiger partial charge in [-0.1, -0.05) is 36.9 Å². The van der Waals surface area contributed by atoms with Crippen LogP contribution in [0.4, 0.5) is 5.69 Å². The number of nitrogens with one attached hydrogen (secondary N) is 1. The van der Waals surface area contributed by atoms with Crippen molar-refractivity contribution in [2.45, 2.75) is 63.5 Å². The summed E-state index contributed by atoms with van der Waals surface area (Å²) in [7, 11) is 0. The smallest absolute Gasteiger partial charge is 0.0702 e. The zero-order valence-electron chi connectivity index (χ0n) is 12.3. The lowest BCUT2D eigenvalue weighted by Gasteiger charge is -2.44. The lowest BCUT2D eigenvalue weighted by molar-refractivity contribution is -0.103. The Morgan fingerprint density at radius 3 is 2.85 bits per heavy atom. The van der Waals surface area contributed by atoms with Crippen molar-refractivity contribution < 1.29 is 4.74 Å². The molecule has 20 heavy (non-hydrogen) atoms. The minimum absolute atomic E-state index is 0.143. The van der Waals surface area contributed by atoms with Crippen molar-refractivity contribution in [1.29, 1.82) is 0 Å². The van der Waals surface area contributed by atoms with Crippen LogP contribution in [0.1, 0.15) is 50.5 Å². The van der Waals surface area contributed by atoms with Crippen molar-refractivity contribution in [3.05, 3.63) is 28.8 Å². The van der Waals surface area contributed by atoms with E-state index in [-0.39, 0.29) is 5.60 Å². The van der Waals surface area contributed by atoms with Crippen LogP contribution in [0, 0.1) is 6.92 Å². The summed E-state index contributed by atoms with van der Waals surface area (Å²) in [4.78, 5) is 0. The first kappa shape index (κ1) is 14.2. The van der Waals surface area contributed by atoms with E-state index >= 15 is 0 Å². The van der Waals surface area contributed by atoms with E-state index in [1.165, 1.54) is 37.7 Å². The Kier molecular flexibility index (Phi) is 4.23. The summed E-state index contributed by atoms with van der Waals surface area (Å²) in [5.41, 5.74) is 2.46. The van der Waals surface area contributed by atoms with Gasteiger partial charge in [-0.2, -0.15) is 0 Å². The lowest BCUT2D eigenvalue weighted by atomic mass is 9.78. The number of hydrogen-bond acceptors (Lipinski definition) is 2. The van der Waals surface area contributed by atoms with Gasteiger partial charge in [0.25, 0.3) is 0 Å². The molecule has 0 amide bonds. The molecule has 0 bridgehead atoms. The van der Waals surface area contributed by atoms with Gasteiger partial charge in [-0.3, -0.25) is 0 Å². The van der Waals surface area contributed by atoms with Gasteiger partial charge in [-0.05, 0) is 50.3 Å². The monoisotopic (exact) mass is 293 g/mol. The number of ether oxygens (including phenoxy) is 1. The third-order valence-corrected chi connectivity index (χ3v) is 5.07. The van der Waals surface area contributed by atoms with Crippen molar-refractivity contribution in [2.24, 2.45) is 0 Å². The summed E-state index contributed by atoms with van der Waals surface area (Å²) >= 11 is 6.30. The summed E-state index contributed by atoms with van der Waals surface area (Å²) in [5.74, 6) is 0. The van der Waals surface area contributed by atoms with Crippen LogP contribution in [0.15, 0.2) is 18.2 Å².